The van der Waals surface area contributed by atoms with Crippen molar-refractivity contribution in [2.45, 2.75) is 18.9 Å². The number of amides is 1. The van der Waals surface area contributed by atoms with Crippen LogP contribution in [-0.4, -0.2) is 11.9 Å². The molecule has 122 valence electrons. The van der Waals surface area contributed by atoms with Crippen LogP contribution in [-0.2, 0) is 12.8 Å². The van der Waals surface area contributed by atoms with E-state index in [1.807, 2.05) is 35.7 Å². The largest absolute Gasteiger partial charge is 0.348 e. The second kappa shape index (κ2) is 7.88. The molecular weight excluding hydrogens is 321 g/mol. The molecule has 0 radical (unpaired) electrons. The highest BCUT2D eigenvalue weighted by Crippen LogP contribution is 2.13. The number of carbonyl (C=O) groups is 1. The molecule has 0 spiro atoms. The van der Waals surface area contributed by atoms with Gasteiger partial charge in [0.2, 0.25) is 0 Å². The Hall–Kier alpha value is -2.46. The number of hydrogen-bond donors (Lipinski definition) is 1. The molecule has 3 rings (SSSR count). The Kier molecular flexibility index (Phi) is 5.39. The standard InChI is InChI=1S/C20H18FNOS/c21-17-10-8-16(9-11-17)14-18(13-15-5-2-1-3-6-15)22-20(23)19-7-4-12-24-19/h1-12,18H,13-14H2,(H,22,23)/t18-/m0/s1. The topological polar surface area (TPSA) is 29.1 Å². The molecule has 4 heteroatoms. The molecule has 2 aromatic carbocycles. The zero-order valence-corrected chi connectivity index (χ0v) is 13.9. The molecular formula is C20H18FNOS. The summed E-state index contributed by atoms with van der Waals surface area (Å²) in [6.07, 6.45) is 1.39. The van der Waals surface area contributed by atoms with E-state index in [4.69, 9.17) is 0 Å². The molecule has 2 nitrogen and oxygen atoms in total. The van der Waals surface area contributed by atoms with E-state index in [1.54, 1.807) is 12.1 Å². The fourth-order valence-electron chi connectivity index (χ4n) is 2.64. The van der Waals surface area contributed by atoms with Crippen molar-refractivity contribution in [1.82, 2.24) is 5.32 Å². The predicted molar refractivity (Wildman–Crippen MR) is 95.8 cm³/mol. The summed E-state index contributed by atoms with van der Waals surface area (Å²) in [5, 5.41) is 5.00. The molecule has 1 heterocycles. The van der Waals surface area contributed by atoms with E-state index in [1.165, 1.54) is 23.5 Å². The van der Waals surface area contributed by atoms with Crippen LogP contribution in [0.3, 0.4) is 0 Å². The number of nitrogens with one attached hydrogen (secondary N) is 1. The van der Waals surface area contributed by atoms with E-state index < -0.39 is 0 Å². The third-order valence-electron chi connectivity index (χ3n) is 3.80. The number of benzene rings is 2. The summed E-state index contributed by atoms with van der Waals surface area (Å²) < 4.78 is 13.1. The first-order valence-electron chi connectivity index (χ1n) is 7.83. The van der Waals surface area contributed by atoms with Gasteiger partial charge in [-0.15, -0.1) is 11.3 Å². The second-order valence-electron chi connectivity index (χ2n) is 5.67. The Labute approximate surface area is 145 Å². The third-order valence-corrected chi connectivity index (χ3v) is 4.67. The predicted octanol–water partition coefficient (Wildman–Crippen LogP) is 4.47. The average molecular weight is 339 g/mol. The Bertz CT molecular complexity index is 769. The maximum atomic E-state index is 13.1. The van der Waals surface area contributed by atoms with Gasteiger partial charge in [-0.1, -0.05) is 48.5 Å². The van der Waals surface area contributed by atoms with Crippen LogP contribution in [0.2, 0.25) is 0 Å². The minimum absolute atomic E-state index is 0.0486. The summed E-state index contributed by atoms with van der Waals surface area (Å²) in [4.78, 5) is 13.1. The van der Waals surface area contributed by atoms with Gasteiger partial charge >= 0.3 is 0 Å². The van der Waals surface area contributed by atoms with Crippen molar-refractivity contribution in [1.29, 1.82) is 0 Å². The lowest BCUT2D eigenvalue weighted by molar-refractivity contribution is 0.0941. The van der Waals surface area contributed by atoms with Gasteiger partial charge in [0, 0.05) is 6.04 Å². The highest BCUT2D eigenvalue weighted by Gasteiger charge is 2.16. The van der Waals surface area contributed by atoms with Crippen LogP contribution in [0, 0.1) is 5.82 Å². The van der Waals surface area contributed by atoms with Gasteiger partial charge in [-0.25, -0.2) is 4.39 Å². The summed E-state index contributed by atoms with van der Waals surface area (Å²) >= 11 is 1.43. The monoisotopic (exact) mass is 339 g/mol. The molecule has 0 aliphatic carbocycles. The molecule has 0 saturated carbocycles. The van der Waals surface area contributed by atoms with Crippen molar-refractivity contribution >= 4 is 17.2 Å². The van der Waals surface area contributed by atoms with Crippen LogP contribution in [0.1, 0.15) is 20.8 Å². The zero-order chi connectivity index (χ0) is 16.8. The smallest absolute Gasteiger partial charge is 0.261 e. The Morgan fingerprint density at radius 3 is 2.21 bits per heavy atom. The van der Waals surface area contributed by atoms with Crippen LogP contribution in [0.5, 0.6) is 0 Å². The van der Waals surface area contributed by atoms with Crippen molar-refractivity contribution in [3.63, 3.8) is 0 Å². The Balaban J connectivity index is 1.74. The molecule has 0 aliphatic heterocycles. The molecule has 0 aliphatic rings. The van der Waals surface area contributed by atoms with Gasteiger partial charge in [-0.05, 0) is 47.5 Å². The Morgan fingerprint density at radius 2 is 1.58 bits per heavy atom. The number of hydrogen-bond acceptors (Lipinski definition) is 2. The first kappa shape index (κ1) is 16.4. The minimum atomic E-state index is -0.249. The number of halogens is 1. The average Bonchev–Trinajstić information content (AvgIpc) is 3.12. The fourth-order valence-corrected chi connectivity index (χ4v) is 3.27. The molecule has 24 heavy (non-hydrogen) atoms. The van der Waals surface area contributed by atoms with Crippen LogP contribution < -0.4 is 5.32 Å². The maximum Gasteiger partial charge on any atom is 0.261 e. The van der Waals surface area contributed by atoms with Crippen molar-refractivity contribution in [3.8, 4) is 0 Å². The SMILES string of the molecule is O=C(N[C@@H](Cc1ccccc1)Cc1ccc(F)cc1)c1cccs1. The van der Waals surface area contributed by atoms with Gasteiger partial charge in [0.15, 0.2) is 0 Å². The van der Waals surface area contributed by atoms with Gasteiger partial charge < -0.3 is 5.32 Å². The lowest BCUT2D eigenvalue weighted by Gasteiger charge is -2.19. The van der Waals surface area contributed by atoms with E-state index in [0.29, 0.717) is 11.3 Å². The molecule has 0 unspecified atom stereocenters. The van der Waals surface area contributed by atoms with Crippen LogP contribution in [0.25, 0.3) is 0 Å². The lowest BCUT2D eigenvalue weighted by Crippen LogP contribution is -2.37. The van der Waals surface area contributed by atoms with Gasteiger partial charge in [0.05, 0.1) is 4.88 Å². The first-order chi connectivity index (χ1) is 11.7. The van der Waals surface area contributed by atoms with Crippen LogP contribution >= 0.6 is 11.3 Å². The van der Waals surface area contributed by atoms with Gasteiger partial charge in [0.1, 0.15) is 5.82 Å². The number of carbonyl (C=O) groups excluding carboxylic acids is 1. The summed E-state index contributed by atoms with van der Waals surface area (Å²) in [5.41, 5.74) is 2.17. The first-order valence-corrected chi connectivity index (χ1v) is 8.71. The van der Waals surface area contributed by atoms with Gasteiger partial charge in [-0.3, -0.25) is 4.79 Å². The van der Waals surface area contributed by atoms with E-state index in [-0.39, 0.29) is 17.8 Å². The summed E-state index contributed by atoms with van der Waals surface area (Å²) in [6, 6.07) is 20.1. The summed E-state index contributed by atoms with van der Waals surface area (Å²) in [5.74, 6) is -0.311. The van der Waals surface area contributed by atoms with Crippen LogP contribution in [0.15, 0.2) is 72.1 Å². The zero-order valence-electron chi connectivity index (χ0n) is 13.1. The van der Waals surface area contributed by atoms with Gasteiger partial charge in [-0.2, -0.15) is 0 Å². The molecule has 0 saturated heterocycles. The van der Waals surface area contributed by atoms with Crippen molar-refractivity contribution in [2.75, 3.05) is 0 Å². The molecule has 0 bridgehead atoms. The van der Waals surface area contributed by atoms with E-state index in [2.05, 4.69) is 17.4 Å². The van der Waals surface area contributed by atoms with E-state index in [0.717, 1.165) is 17.5 Å². The molecule has 1 N–H and O–H groups in total. The normalized spacial score (nSPS) is 11.9. The van der Waals surface area contributed by atoms with Crippen molar-refractivity contribution in [2.24, 2.45) is 0 Å². The van der Waals surface area contributed by atoms with E-state index >= 15 is 0 Å². The molecule has 1 atom stereocenters. The van der Waals surface area contributed by atoms with E-state index in [9.17, 15) is 9.18 Å². The second-order valence-corrected chi connectivity index (χ2v) is 6.62. The Morgan fingerprint density at radius 1 is 0.917 bits per heavy atom. The highest BCUT2D eigenvalue weighted by molar-refractivity contribution is 7.12. The maximum absolute atomic E-state index is 13.1. The molecule has 0 fully saturated rings. The third kappa shape index (κ3) is 4.52. The fraction of sp³-hybridized carbons (Fsp3) is 0.150. The van der Waals surface area contributed by atoms with Crippen LogP contribution in [0.4, 0.5) is 4.39 Å². The van der Waals surface area contributed by atoms with Crippen molar-refractivity contribution in [3.05, 3.63) is 93.9 Å². The lowest BCUT2D eigenvalue weighted by atomic mass is 9.99. The quantitative estimate of drug-likeness (QED) is 0.705. The molecule has 1 amide bonds. The molecule has 3 aromatic rings. The number of rotatable bonds is 6. The molecule has 1 aromatic heterocycles. The van der Waals surface area contributed by atoms with Gasteiger partial charge in [0.25, 0.3) is 5.91 Å². The summed E-state index contributed by atoms with van der Waals surface area (Å²) in [6.45, 7) is 0. The highest BCUT2D eigenvalue weighted by atomic mass is 32.1. The minimum Gasteiger partial charge on any atom is -0.348 e. The van der Waals surface area contributed by atoms with Crippen molar-refractivity contribution < 1.29 is 9.18 Å². The number of thiophene rings is 1. The summed E-state index contributed by atoms with van der Waals surface area (Å²) in [7, 11) is 0.